The Hall–Kier alpha value is -5.08. The molecule has 42 heavy (non-hydrogen) atoms. The van der Waals surface area contributed by atoms with Gasteiger partial charge in [0.25, 0.3) is 11.8 Å². The number of nitrogens with zero attached hydrogens (tertiary/aromatic N) is 3. The number of aliphatic imine (C=N–C) groups is 1. The second-order valence-corrected chi connectivity index (χ2v) is 10.2. The minimum atomic E-state index is -1.41. The van der Waals surface area contributed by atoms with Crippen LogP contribution in [0, 0.1) is 11.7 Å². The van der Waals surface area contributed by atoms with E-state index in [4.69, 9.17) is 16.6 Å². The van der Waals surface area contributed by atoms with E-state index in [1.165, 1.54) is 12.1 Å². The Morgan fingerprint density at radius 2 is 1.40 bits per heavy atom. The largest absolute Gasteiger partial charge is 0.361 e. The molecule has 2 heterocycles. The Bertz CT molecular complexity index is 1760. The summed E-state index contributed by atoms with van der Waals surface area (Å²) in [5.74, 6) is -3.17. The topological polar surface area (TPSA) is 85.8 Å². The number of amides is 4. The van der Waals surface area contributed by atoms with Crippen LogP contribution in [-0.4, -0.2) is 35.1 Å². The van der Waals surface area contributed by atoms with Crippen molar-refractivity contribution in [3.8, 4) is 0 Å². The predicted molar refractivity (Wildman–Crippen MR) is 162 cm³/mol. The molecule has 6 rings (SSSR count). The van der Waals surface area contributed by atoms with E-state index in [-0.39, 0.29) is 18.1 Å². The van der Waals surface area contributed by atoms with Crippen molar-refractivity contribution in [1.82, 2.24) is 4.98 Å². The van der Waals surface area contributed by atoms with Crippen LogP contribution in [0.25, 0.3) is 10.9 Å². The van der Waals surface area contributed by atoms with Crippen LogP contribution < -0.4 is 9.80 Å². The van der Waals surface area contributed by atoms with Crippen LogP contribution >= 0.6 is 11.6 Å². The molecule has 0 unspecified atom stereocenters. The van der Waals surface area contributed by atoms with Crippen molar-refractivity contribution >= 4 is 57.4 Å². The van der Waals surface area contributed by atoms with Crippen molar-refractivity contribution in [2.75, 3.05) is 16.3 Å². The summed E-state index contributed by atoms with van der Waals surface area (Å²) in [5.41, 5.74) is 3.04. The Morgan fingerprint density at radius 1 is 0.810 bits per heavy atom. The molecule has 0 aliphatic carbocycles. The number of carbonyl (C=O) groups is 3. The van der Waals surface area contributed by atoms with Crippen molar-refractivity contribution in [3.05, 3.63) is 131 Å². The fraction of sp³-hybridized carbons (Fsp3) is 0.0909. The highest BCUT2D eigenvalue weighted by atomic mass is 35.5. The van der Waals surface area contributed by atoms with Crippen LogP contribution in [0.1, 0.15) is 11.1 Å². The highest BCUT2D eigenvalue weighted by Gasteiger charge is 2.49. The monoisotopic (exact) mass is 578 g/mol. The van der Waals surface area contributed by atoms with Gasteiger partial charge in [-0.15, -0.1) is 0 Å². The number of benzene rings is 4. The number of aromatic nitrogens is 1. The van der Waals surface area contributed by atoms with Crippen molar-refractivity contribution in [3.63, 3.8) is 0 Å². The van der Waals surface area contributed by atoms with Gasteiger partial charge < -0.3 is 4.98 Å². The number of imide groups is 2. The van der Waals surface area contributed by atoms with E-state index in [2.05, 4.69) is 4.98 Å². The van der Waals surface area contributed by atoms with Crippen LogP contribution in [0.5, 0.6) is 0 Å². The van der Waals surface area contributed by atoms with Gasteiger partial charge in [-0.05, 0) is 72.1 Å². The predicted octanol–water partition coefficient (Wildman–Crippen LogP) is 6.81. The fourth-order valence-electron chi connectivity index (χ4n) is 5.14. The molecule has 1 N–H and O–H groups in total. The van der Waals surface area contributed by atoms with Crippen LogP contribution in [0.3, 0.4) is 0 Å². The number of nitrogens with one attached hydrogen (secondary N) is 1. The number of fused-ring (bicyclic) bond motifs is 1. The zero-order valence-corrected chi connectivity index (χ0v) is 23.0. The molecule has 208 valence electrons. The average Bonchev–Trinajstić information content (AvgIpc) is 3.40. The highest BCUT2D eigenvalue weighted by molar-refractivity contribution is 6.43. The second-order valence-electron chi connectivity index (χ2n) is 9.76. The zero-order chi connectivity index (χ0) is 29.2. The number of hydrogen-bond donors (Lipinski definition) is 1. The summed E-state index contributed by atoms with van der Waals surface area (Å²) in [6, 6.07) is 27.4. The summed E-state index contributed by atoms with van der Waals surface area (Å²) in [5, 5.41) is 1.21. The Labute approximate surface area is 245 Å². The summed E-state index contributed by atoms with van der Waals surface area (Å²) in [6.45, 7) is 0.198. The SMILES string of the molecule is O=C1C(C(=NCCc2c[nH]c3ccc(F)cc23)c2ccc(Cl)cc2)C(=O)N(c2ccccc2)C(=O)N1c1ccccc1. The van der Waals surface area contributed by atoms with Crippen LogP contribution in [0.4, 0.5) is 20.6 Å². The Balaban J connectivity index is 1.44. The molecule has 0 spiro atoms. The van der Waals surface area contributed by atoms with Crippen LogP contribution in [0.2, 0.25) is 5.02 Å². The summed E-state index contributed by atoms with van der Waals surface area (Å²) >= 11 is 6.16. The van der Waals surface area contributed by atoms with E-state index < -0.39 is 23.8 Å². The first-order chi connectivity index (χ1) is 20.4. The summed E-state index contributed by atoms with van der Waals surface area (Å²) < 4.78 is 13.9. The molecular weight excluding hydrogens is 555 g/mol. The molecule has 1 fully saturated rings. The molecule has 0 atom stereocenters. The summed E-state index contributed by atoms with van der Waals surface area (Å²) in [4.78, 5) is 51.9. The number of para-hydroxylation sites is 2. The first kappa shape index (κ1) is 27.1. The number of halogens is 2. The van der Waals surface area contributed by atoms with Gasteiger partial charge in [0.15, 0.2) is 5.92 Å². The third kappa shape index (κ3) is 5.08. The fourth-order valence-corrected chi connectivity index (χ4v) is 5.27. The third-order valence-corrected chi connectivity index (χ3v) is 7.40. The first-order valence-electron chi connectivity index (χ1n) is 13.3. The molecular formula is C33H24ClFN4O3. The molecule has 1 aromatic heterocycles. The van der Waals surface area contributed by atoms with Gasteiger partial charge in [0.2, 0.25) is 0 Å². The van der Waals surface area contributed by atoms with E-state index in [1.807, 2.05) is 0 Å². The lowest BCUT2D eigenvalue weighted by atomic mass is 9.91. The van der Waals surface area contributed by atoms with Crippen LogP contribution in [0.15, 0.2) is 114 Å². The quantitative estimate of drug-likeness (QED) is 0.170. The van der Waals surface area contributed by atoms with Gasteiger partial charge >= 0.3 is 6.03 Å². The van der Waals surface area contributed by atoms with Gasteiger partial charge in [-0.25, -0.2) is 19.0 Å². The molecule has 0 bridgehead atoms. The van der Waals surface area contributed by atoms with E-state index in [1.54, 1.807) is 97.2 Å². The number of aromatic amines is 1. The smallest absolute Gasteiger partial charge is 0.342 e. The van der Waals surface area contributed by atoms with Gasteiger partial charge in [0, 0.05) is 28.7 Å². The molecule has 1 saturated heterocycles. The second kappa shape index (κ2) is 11.4. The Morgan fingerprint density at radius 3 is 2.00 bits per heavy atom. The normalized spacial score (nSPS) is 14.7. The maximum atomic E-state index is 14.1. The lowest BCUT2D eigenvalue weighted by molar-refractivity contribution is -0.129. The summed E-state index contributed by atoms with van der Waals surface area (Å²) in [7, 11) is 0. The molecule has 4 amide bonds. The lowest BCUT2D eigenvalue weighted by Crippen LogP contribution is -2.62. The van der Waals surface area contributed by atoms with E-state index in [0.717, 1.165) is 26.3 Å². The van der Waals surface area contributed by atoms with E-state index in [0.29, 0.717) is 28.4 Å². The van der Waals surface area contributed by atoms with Crippen molar-refractivity contribution < 1.29 is 18.8 Å². The van der Waals surface area contributed by atoms with Crippen molar-refractivity contribution in [1.29, 1.82) is 0 Å². The first-order valence-corrected chi connectivity index (χ1v) is 13.7. The molecule has 7 nitrogen and oxygen atoms in total. The number of rotatable bonds is 7. The number of carbonyl (C=O) groups excluding carboxylic acids is 3. The van der Waals surface area contributed by atoms with E-state index in [9.17, 15) is 18.8 Å². The van der Waals surface area contributed by atoms with Crippen molar-refractivity contribution in [2.24, 2.45) is 10.9 Å². The number of H-pyrrole nitrogens is 1. The number of urea groups is 1. The number of hydrogen-bond acceptors (Lipinski definition) is 4. The standard InChI is InChI=1S/C33H24ClFN4O3/c34-23-13-11-21(12-14-23)30(36-18-17-22-20-37-28-16-15-24(35)19-27(22)28)29-31(40)38(25-7-3-1-4-8-25)33(42)39(32(29)41)26-9-5-2-6-10-26/h1-16,19-20,29,37H,17-18H2. The number of anilines is 2. The molecule has 5 aromatic rings. The van der Waals surface area contributed by atoms with E-state index >= 15 is 0 Å². The Kier molecular flexibility index (Phi) is 7.37. The molecule has 0 saturated carbocycles. The van der Waals surface area contributed by atoms with Gasteiger partial charge in [0.1, 0.15) is 5.82 Å². The molecule has 9 heteroatoms. The van der Waals surface area contributed by atoms with Gasteiger partial charge in [0.05, 0.1) is 17.1 Å². The van der Waals surface area contributed by atoms with Gasteiger partial charge in [-0.1, -0.05) is 60.1 Å². The van der Waals surface area contributed by atoms with Gasteiger partial charge in [-0.3, -0.25) is 14.6 Å². The third-order valence-electron chi connectivity index (χ3n) is 7.15. The molecule has 0 radical (unpaired) electrons. The highest BCUT2D eigenvalue weighted by Crippen LogP contribution is 2.31. The maximum Gasteiger partial charge on any atom is 0.342 e. The average molecular weight is 579 g/mol. The van der Waals surface area contributed by atoms with Crippen LogP contribution in [-0.2, 0) is 16.0 Å². The number of barbiturate groups is 1. The molecule has 1 aliphatic heterocycles. The molecule has 1 aliphatic rings. The lowest BCUT2D eigenvalue weighted by Gasteiger charge is -2.37. The zero-order valence-electron chi connectivity index (χ0n) is 22.2. The van der Waals surface area contributed by atoms with Gasteiger partial charge in [-0.2, -0.15) is 0 Å². The maximum absolute atomic E-state index is 14.1. The summed E-state index contributed by atoms with van der Waals surface area (Å²) in [6.07, 6.45) is 2.21. The minimum absolute atomic E-state index is 0.198. The van der Waals surface area contributed by atoms with Crippen molar-refractivity contribution in [2.45, 2.75) is 6.42 Å². The minimum Gasteiger partial charge on any atom is -0.361 e. The molecule has 4 aromatic carbocycles.